The summed E-state index contributed by atoms with van der Waals surface area (Å²) >= 11 is 3.33. The fourth-order valence-electron chi connectivity index (χ4n) is 0.971. The summed E-state index contributed by atoms with van der Waals surface area (Å²) < 4.78 is 17.3. The first-order valence-corrected chi connectivity index (χ1v) is 6.18. The highest BCUT2D eigenvalue weighted by Crippen LogP contribution is 2.22. The molecule has 0 saturated carbocycles. The molecule has 1 aromatic carbocycles. The van der Waals surface area contributed by atoms with E-state index in [1.54, 1.807) is 25.3 Å². The number of anilines is 1. The van der Waals surface area contributed by atoms with Crippen molar-refractivity contribution in [1.82, 2.24) is 0 Å². The van der Waals surface area contributed by atoms with Crippen LogP contribution in [0.4, 0.5) is 5.69 Å². The number of methoxy groups -OCH3 is 1. The molecule has 1 atom stereocenters. The van der Waals surface area contributed by atoms with Gasteiger partial charge in [0.2, 0.25) is 0 Å². The van der Waals surface area contributed by atoms with E-state index in [0.29, 0.717) is 18.0 Å². The number of hydrogen-bond donors (Lipinski definition) is 1. The lowest BCUT2D eigenvalue weighted by atomic mass is 10.3. The Kier molecular flexibility index (Phi) is 4.57. The molecule has 1 unspecified atom stereocenters. The molecule has 0 saturated heterocycles. The lowest BCUT2D eigenvalue weighted by molar-refractivity contribution is 0.218. The number of nitrogens with two attached hydrogens (primary N) is 1. The van der Waals surface area contributed by atoms with E-state index >= 15 is 0 Å². The number of rotatable bonds is 4. The third-order valence-corrected chi connectivity index (χ3v) is 3.98. The van der Waals surface area contributed by atoms with Crippen molar-refractivity contribution in [2.24, 2.45) is 0 Å². The lowest BCUT2D eigenvalue weighted by Crippen LogP contribution is -2.05. The number of ether oxygens (including phenoxy) is 1. The Morgan fingerprint density at radius 2 is 2.29 bits per heavy atom. The minimum atomic E-state index is -1.03. The number of nitrogen functional groups attached to an aromatic ring is 1. The molecule has 0 radical (unpaired) electrons. The molecule has 0 fully saturated rings. The molecule has 0 heterocycles. The Labute approximate surface area is 94.2 Å². The van der Waals surface area contributed by atoms with Crippen LogP contribution in [0.5, 0.6) is 0 Å². The van der Waals surface area contributed by atoms with Gasteiger partial charge >= 0.3 is 0 Å². The summed E-state index contributed by atoms with van der Waals surface area (Å²) in [6.07, 6.45) is 0. The van der Waals surface area contributed by atoms with Crippen molar-refractivity contribution < 1.29 is 8.95 Å². The van der Waals surface area contributed by atoms with Crippen LogP contribution in [0.3, 0.4) is 0 Å². The fraction of sp³-hybridized carbons (Fsp3) is 0.333. The molecule has 1 aromatic rings. The Hall–Kier alpha value is -0.390. The van der Waals surface area contributed by atoms with Gasteiger partial charge in [0.15, 0.2) is 0 Å². The van der Waals surface area contributed by atoms with Gasteiger partial charge in [-0.15, -0.1) is 0 Å². The molecule has 0 aliphatic heterocycles. The van der Waals surface area contributed by atoms with Crippen LogP contribution in [0.15, 0.2) is 27.6 Å². The summed E-state index contributed by atoms with van der Waals surface area (Å²) in [5.74, 6) is 0.499. The van der Waals surface area contributed by atoms with E-state index in [0.717, 1.165) is 9.37 Å². The first kappa shape index (κ1) is 11.7. The van der Waals surface area contributed by atoms with Gasteiger partial charge in [0.25, 0.3) is 0 Å². The molecular weight excluding hydrogens is 266 g/mol. The zero-order valence-corrected chi connectivity index (χ0v) is 10.2. The highest BCUT2D eigenvalue weighted by Gasteiger charge is 2.07. The maximum Gasteiger partial charge on any atom is 0.0581 e. The molecule has 0 bridgehead atoms. The highest BCUT2D eigenvalue weighted by atomic mass is 79.9. The molecule has 78 valence electrons. The molecule has 14 heavy (non-hydrogen) atoms. The quantitative estimate of drug-likeness (QED) is 0.854. The van der Waals surface area contributed by atoms with Crippen molar-refractivity contribution in [3.8, 4) is 0 Å². The number of halogens is 1. The highest BCUT2D eigenvalue weighted by molar-refractivity contribution is 9.10. The van der Waals surface area contributed by atoms with Crippen molar-refractivity contribution in [2.45, 2.75) is 4.90 Å². The molecule has 0 aromatic heterocycles. The number of hydrogen-bond acceptors (Lipinski definition) is 3. The Morgan fingerprint density at radius 3 is 2.86 bits per heavy atom. The summed E-state index contributed by atoms with van der Waals surface area (Å²) in [5, 5.41) is 0. The SMILES string of the molecule is COCCS(=O)c1ccc(N)cc1Br. The second kappa shape index (κ2) is 5.48. The molecule has 0 amide bonds. The van der Waals surface area contributed by atoms with E-state index < -0.39 is 10.8 Å². The van der Waals surface area contributed by atoms with Crippen molar-refractivity contribution in [3.05, 3.63) is 22.7 Å². The zero-order chi connectivity index (χ0) is 10.6. The standard InChI is InChI=1S/C9H12BrNO2S/c1-13-4-5-14(12)9-3-2-7(11)6-8(9)10/h2-3,6H,4-5,11H2,1H3. The van der Waals surface area contributed by atoms with Gasteiger partial charge in [0.1, 0.15) is 0 Å². The van der Waals surface area contributed by atoms with Crippen LogP contribution in [-0.2, 0) is 15.5 Å². The van der Waals surface area contributed by atoms with Gasteiger partial charge in [-0.25, -0.2) is 0 Å². The van der Waals surface area contributed by atoms with Gasteiger partial charge in [-0.2, -0.15) is 0 Å². The van der Waals surface area contributed by atoms with Gasteiger partial charge in [-0.3, -0.25) is 4.21 Å². The van der Waals surface area contributed by atoms with Gasteiger partial charge in [-0.1, -0.05) is 0 Å². The molecule has 0 aliphatic rings. The van der Waals surface area contributed by atoms with E-state index in [1.165, 1.54) is 0 Å². The average Bonchev–Trinajstić information content (AvgIpc) is 2.14. The molecule has 2 N–H and O–H groups in total. The van der Waals surface area contributed by atoms with Gasteiger partial charge < -0.3 is 10.5 Å². The minimum Gasteiger partial charge on any atom is -0.399 e. The Balaban J connectivity index is 2.80. The summed E-state index contributed by atoms with van der Waals surface area (Å²) in [7, 11) is 0.562. The summed E-state index contributed by atoms with van der Waals surface area (Å²) in [5.41, 5.74) is 6.23. The Morgan fingerprint density at radius 1 is 1.57 bits per heavy atom. The molecule has 5 heteroatoms. The van der Waals surface area contributed by atoms with Gasteiger partial charge in [-0.05, 0) is 34.1 Å². The maximum atomic E-state index is 11.7. The van der Waals surface area contributed by atoms with Crippen molar-refractivity contribution in [3.63, 3.8) is 0 Å². The van der Waals surface area contributed by atoms with E-state index in [9.17, 15) is 4.21 Å². The Bertz CT molecular complexity index is 344. The van der Waals surface area contributed by atoms with E-state index in [1.807, 2.05) is 0 Å². The van der Waals surface area contributed by atoms with Crippen molar-refractivity contribution in [2.75, 3.05) is 25.2 Å². The fourth-order valence-corrected chi connectivity index (χ4v) is 2.94. The smallest absolute Gasteiger partial charge is 0.0581 e. The topological polar surface area (TPSA) is 52.3 Å². The lowest BCUT2D eigenvalue weighted by Gasteiger charge is -2.04. The van der Waals surface area contributed by atoms with Crippen LogP contribution in [0.2, 0.25) is 0 Å². The summed E-state index contributed by atoms with van der Waals surface area (Å²) in [6, 6.07) is 5.26. The first-order chi connectivity index (χ1) is 6.65. The number of benzene rings is 1. The normalized spacial score (nSPS) is 12.7. The molecule has 0 spiro atoms. The first-order valence-electron chi connectivity index (χ1n) is 4.07. The van der Waals surface area contributed by atoms with E-state index in [-0.39, 0.29) is 0 Å². The predicted octanol–water partition coefficient (Wildman–Crippen LogP) is 1.79. The van der Waals surface area contributed by atoms with Crippen LogP contribution in [0.25, 0.3) is 0 Å². The van der Waals surface area contributed by atoms with Crippen LogP contribution in [-0.4, -0.2) is 23.7 Å². The van der Waals surface area contributed by atoms with Crippen molar-refractivity contribution in [1.29, 1.82) is 0 Å². The van der Waals surface area contributed by atoms with Crippen LogP contribution >= 0.6 is 15.9 Å². The molecule has 0 aliphatic carbocycles. The summed E-state index contributed by atoms with van der Waals surface area (Å²) in [4.78, 5) is 0.760. The molecule has 1 rings (SSSR count). The van der Waals surface area contributed by atoms with E-state index in [2.05, 4.69) is 15.9 Å². The van der Waals surface area contributed by atoms with Crippen LogP contribution in [0, 0.1) is 0 Å². The molecular formula is C9H12BrNO2S. The summed E-state index contributed by atoms with van der Waals surface area (Å²) in [6.45, 7) is 0.490. The van der Waals surface area contributed by atoms with E-state index in [4.69, 9.17) is 10.5 Å². The third-order valence-electron chi connectivity index (χ3n) is 1.67. The van der Waals surface area contributed by atoms with Crippen LogP contribution < -0.4 is 5.73 Å². The predicted molar refractivity (Wildman–Crippen MR) is 61.7 cm³/mol. The third kappa shape index (κ3) is 3.08. The minimum absolute atomic E-state index is 0.490. The van der Waals surface area contributed by atoms with Gasteiger partial charge in [0.05, 0.1) is 28.1 Å². The average molecular weight is 278 g/mol. The largest absolute Gasteiger partial charge is 0.399 e. The van der Waals surface area contributed by atoms with Crippen molar-refractivity contribution >= 4 is 32.4 Å². The second-order valence-corrected chi connectivity index (χ2v) is 5.13. The monoisotopic (exact) mass is 277 g/mol. The second-order valence-electron chi connectivity index (χ2n) is 2.73. The maximum absolute atomic E-state index is 11.7. The zero-order valence-electron chi connectivity index (χ0n) is 7.83. The van der Waals surface area contributed by atoms with Crippen LogP contribution in [0.1, 0.15) is 0 Å². The van der Waals surface area contributed by atoms with Gasteiger partial charge in [0, 0.05) is 17.3 Å². The molecule has 3 nitrogen and oxygen atoms in total.